The van der Waals surface area contributed by atoms with Gasteiger partial charge in [-0.1, -0.05) is 19.9 Å². The van der Waals surface area contributed by atoms with E-state index in [0.29, 0.717) is 17.3 Å². The molecule has 1 spiro atoms. The lowest BCUT2D eigenvalue weighted by atomic mass is 9.41. The molecule has 0 aromatic heterocycles. The molecule has 4 aliphatic carbocycles. The van der Waals surface area contributed by atoms with Crippen LogP contribution in [0.15, 0.2) is 12.2 Å². The van der Waals surface area contributed by atoms with E-state index in [4.69, 9.17) is 9.47 Å². The molecule has 2 unspecified atom stereocenters. The number of ether oxygens (including phenoxy) is 2. The van der Waals surface area contributed by atoms with Crippen LogP contribution in [0.3, 0.4) is 0 Å². The van der Waals surface area contributed by atoms with Crippen LogP contribution in [-0.2, 0) is 14.3 Å². The van der Waals surface area contributed by atoms with Crippen molar-refractivity contribution in [2.45, 2.75) is 117 Å². The molecular weight excluding hydrogens is 360 g/mol. The number of hydrogen-bond donors (Lipinski definition) is 0. The summed E-state index contributed by atoms with van der Waals surface area (Å²) in [5, 5.41) is 0. The molecule has 3 heteroatoms. The van der Waals surface area contributed by atoms with Gasteiger partial charge in [0.05, 0.1) is 23.2 Å². The summed E-state index contributed by atoms with van der Waals surface area (Å²) in [5.41, 5.74) is 1.46. The molecule has 4 aliphatic rings. The standard InChI is InChI=1S/C26H42O3/c1-17(2)28-22(27)24(7)12-8-11-23(6)20(24)9-13-25-15-19(5)26(16-25,29-18(3)4)14-10-21(23)25/h17-18,20-21H,5,8-16H2,1-4,6-7H3/t20?,21?,23-,24-,25-,26+/m1/s1. The van der Waals surface area contributed by atoms with Crippen molar-refractivity contribution in [3.05, 3.63) is 12.2 Å². The zero-order valence-electron chi connectivity index (χ0n) is 19.6. The Balaban J connectivity index is 1.66. The van der Waals surface area contributed by atoms with Crippen molar-refractivity contribution in [2.75, 3.05) is 0 Å². The molecule has 0 saturated heterocycles. The molecule has 0 heterocycles. The van der Waals surface area contributed by atoms with Gasteiger partial charge in [-0.3, -0.25) is 4.79 Å². The number of esters is 1. The minimum absolute atomic E-state index is 0.0379. The normalized spacial score (nSPS) is 46.6. The highest BCUT2D eigenvalue weighted by molar-refractivity contribution is 5.77. The number of carbonyl (C=O) groups is 1. The van der Waals surface area contributed by atoms with Gasteiger partial charge in [0.25, 0.3) is 0 Å². The third kappa shape index (κ3) is 3.05. The molecule has 4 fully saturated rings. The average molecular weight is 403 g/mol. The van der Waals surface area contributed by atoms with E-state index in [-0.39, 0.29) is 34.6 Å². The van der Waals surface area contributed by atoms with Crippen molar-refractivity contribution in [3.8, 4) is 0 Å². The highest BCUT2D eigenvalue weighted by Crippen LogP contribution is 2.73. The first kappa shape index (κ1) is 21.4. The first-order valence-electron chi connectivity index (χ1n) is 12.0. The van der Waals surface area contributed by atoms with Gasteiger partial charge in [-0.15, -0.1) is 0 Å². The molecule has 0 amide bonds. The predicted octanol–water partition coefficient (Wildman–Crippen LogP) is 6.45. The van der Waals surface area contributed by atoms with Crippen LogP contribution in [0.1, 0.15) is 99.3 Å². The second kappa shape index (κ2) is 6.84. The Kier molecular flexibility index (Phi) is 5.05. The third-order valence-corrected chi connectivity index (χ3v) is 9.40. The monoisotopic (exact) mass is 402 g/mol. The van der Waals surface area contributed by atoms with Crippen LogP contribution in [0.2, 0.25) is 0 Å². The maximum atomic E-state index is 13.2. The fourth-order valence-electron chi connectivity index (χ4n) is 8.56. The van der Waals surface area contributed by atoms with Gasteiger partial charge in [-0.05, 0) is 114 Å². The Bertz CT molecular complexity index is 696. The smallest absolute Gasteiger partial charge is 0.312 e. The molecule has 0 radical (unpaired) electrons. The Morgan fingerprint density at radius 1 is 1.00 bits per heavy atom. The van der Waals surface area contributed by atoms with Crippen LogP contribution < -0.4 is 0 Å². The van der Waals surface area contributed by atoms with Crippen molar-refractivity contribution in [3.63, 3.8) is 0 Å². The fraction of sp³-hybridized carbons (Fsp3) is 0.885. The van der Waals surface area contributed by atoms with Crippen LogP contribution in [0.5, 0.6) is 0 Å². The molecule has 4 saturated carbocycles. The number of fused-ring (bicyclic) bond motifs is 3. The van der Waals surface area contributed by atoms with Gasteiger partial charge in [-0.25, -0.2) is 0 Å². The van der Waals surface area contributed by atoms with E-state index in [1.165, 1.54) is 24.8 Å². The largest absolute Gasteiger partial charge is 0.463 e. The molecule has 0 aromatic rings. The summed E-state index contributed by atoms with van der Waals surface area (Å²) in [6.07, 6.45) is 10.5. The van der Waals surface area contributed by atoms with Gasteiger partial charge in [0.1, 0.15) is 0 Å². The summed E-state index contributed by atoms with van der Waals surface area (Å²) >= 11 is 0. The van der Waals surface area contributed by atoms with Gasteiger partial charge in [0.15, 0.2) is 0 Å². The molecule has 29 heavy (non-hydrogen) atoms. The van der Waals surface area contributed by atoms with Crippen LogP contribution in [0.25, 0.3) is 0 Å². The minimum Gasteiger partial charge on any atom is -0.463 e. The summed E-state index contributed by atoms with van der Waals surface area (Å²) in [4.78, 5) is 13.2. The zero-order valence-corrected chi connectivity index (χ0v) is 19.6. The molecule has 0 N–H and O–H groups in total. The first-order chi connectivity index (χ1) is 13.5. The maximum Gasteiger partial charge on any atom is 0.312 e. The lowest BCUT2D eigenvalue weighted by Crippen LogP contribution is -2.59. The topological polar surface area (TPSA) is 35.5 Å². The maximum absolute atomic E-state index is 13.2. The highest BCUT2D eigenvalue weighted by Gasteiger charge is 2.68. The molecule has 4 rings (SSSR count). The van der Waals surface area contributed by atoms with E-state index in [1.807, 2.05) is 13.8 Å². The summed E-state index contributed by atoms with van der Waals surface area (Å²) in [6.45, 7) is 17.5. The Morgan fingerprint density at radius 3 is 2.34 bits per heavy atom. The van der Waals surface area contributed by atoms with Crippen molar-refractivity contribution in [2.24, 2.45) is 28.1 Å². The first-order valence-corrected chi connectivity index (χ1v) is 12.0. The Labute approximate surface area is 178 Å². The fourth-order valence-corrected chi connectivity index (χ4v) is 8.56. The molecule has 6 atom stereocenters. The van der Waals surface area contributed by atoms with Gasteiger partial charge < -0.3 is 9.47 Å². The van der Waals surface area contributed by atoms with E-state index in [1.54, 1.807) is 0 Å². The molecule has 0 aromatic carbocycles. The van der Waals surface area contributed by atoms with Gasteiger partial charge in [-0.2, -0.15) is 0 Å². The summed E-state index contributed by atoms with van der Waals surface area (Å²) < 4.78 is 12.3. The summed E-state index contributed by atoms with van der Waals surface area (Å²) in [6, 6.07) is 0. The van der Waals surface area contributed by atoms with Gasteiger partial charge in [0.2, 0.25) is 0 Å². The van der Waals surface area contributed by atoms with E-state index in [2.05, 4.69) is 34.3 Å². The molecule has 2 bridgehead atoms. The third-order valence-electron chi connectivity index (χ3n) is 9.40. The number of rotatable bonds is 4. The molecular formula is C26H42O3. The van der Waals surface area contributed by atoms with Crippen molar-refractivity contribution in [1.29, 1.82) is 0 Å². The van der Waals surface area contributed by atoms with Crippen molar-refractivity contribution < 1.29 is 14.3 Å². The number of carbonyl (C=O) groups excluding carboxylic acids is 1. The van der Waals surface area contributed by atoms with Crippen LogP contribution >= 0.6 is 0 Å². The van der Waals surface area contributed by atoms with Crippen LogP contribution in [-0.4, -0.2) is 23.8 Å². The molecule has 164 valence electrons. The lowest BCUT2D eigenvalue weighted by molar-refractivity contribution is -0.197. The van der Waals surface area contributed by atoms with Crippen molar-refractivity contribution >= 4 is 5.97 Å². The van der Waals surface area contributed by atoms with E-state index in [0.717, 1.165) is 38.5 Å². The summed E-state index contributed by atoms with van der Waals surface area (Å²) in [7, 11) is 0. The lowest BCUT2D eigenvalue weighted by Gasteiger charge is -2.64. The summed E-state index contributed by atoms with van der Waals surface area (Å²) in [5.74, 6) is 1.14. The highest BCUT2D eigenvalue weighted by atomic mass is 16.5. The van der Waals surface area contributed by atoms with Crippen LogP contribution in [0.4, 0.5) is 0 Å². The quantitative estimate of drug-likeness (QED) is 0.400. The van der Waals surface area contributed by atoms with Gasteiger partial charge >= 0.3 is 5.97 Å². The Morgan fingerprint density at radius 2 is 1.69 bits per heavy atom. The van der Waals surface area contributed by atoms with Gasteiger partial charge in [0, 0.05) is 0 Å². The predicted molar refractivity (Wildman–Crippen MR) is 117 cm³/mol. The average Bonchev–Trinajstić information content (AvgIpc) is 2.78. The second-order valence-electron chi connectivity index (χ2n) is 11.9. The minimum atomic E-state index is -0.336. The SMILES string of the molecule is C=C1C[C@@]23CCC4[C@@](C)(CCC[C@@]4(C)C(=O)OC(C)C)C2CC[C@]1(OC(C)C)C3. The van der Waals surface area contributed by atoms with Crippen LogP contribution in [0, 0.1) is 28.1 Å². The van der Waals surface area contributed by atoms with E-state index in [9.17, 15) is 4.79 Å². The zero-order chi connectivity index (χ0) is 21.2. The van der Waals surface area contributed by atoms with Crippen molar-refractivity contribution in [1.82, 2.24) is 0 Å². The number of hydrogen-bond acceptors (Lipinski definition) is 3. The molecule has 3 nitrogen and oxygen atoms in total. The van der Waals surface area contributed by atoms with E-state index < -0.39 is 0 Å². The Hall–Kier alpha value is -0.830. The van der Waals surface area contributed by atoms with E-state index >= 15 is 0 Å². The second-order valence-corrected chi connectivity index (χ2v) is 11.9. The molecule has 0 aliphatic heterocycles.